The van der Waals surface area contributed by atoms with E-state index in [1.807, 2.05) is 13.8 Å². The molecule has 0 aromatic carbocycles. The van der Waals surface area contributed by atoms with E-state index in [-0.39, 0.29) is 0 Å². The second kappa shape index (κ2) is 4.25. The summed E-state index contributed by atoms with van der Waals surface area (Å²) < 4.78 is 0. The minimum absolute atomic E-state index is 0.680. The Labute approximate surface area is 84.4 Å². The van der Waals surface area contributed by atoms with Crippen LogP contribution in [0, 0.1) is 0 Å². The van der Waals surface area contributed by atoms with Gasteiger partial charge in [-0.05, 0) is 43.7 Å². The van der Waals surface area contributed by atoms with Crippen LogP contribution in [-0.4, -0.2) is 5.11 Å². The van der Waals surface area contributed by atoms with Crippen molar-refractivity contribution in [2.45, 2.75) is 45.6 Å². The monoisotopic (exact) mass is 198 g/mol. The number of hydrogen-bond acceptors (Lipinski definition) is 2. The summed E-state index contributed by atoms with van der Waals surface area (Å²) in [6.07, 6.45) is 3.62. The molecule has 1 aromatic rings. The molecule has 0 fully saturated rings. The van der Waals surface area contributed by atoms with Crippen molar-refractivity contribution in [1.29, 1.82) is 0 Å². The summed E-state index contributed by atoms with van der Waals surface area (Å²) in [5.41, 5.74) is 0.365. The summed E-state index contributed by atoms with van der Waals surface area (Å²) in [6.45, 7) is 5.86. The molecule has 13 heavy (non-hydrogen) atoms. The average Bonchev–Trinajstić information content (AvgIpc) is 2.47. The highest BCUT2D eigenvalue weighted by Gasteiger charge is 2.17. The van der Waals surface area contributed by atoms with Crippen LogP contribution < -0.4 is 0 Å². The Hall–Kier alpha value is -0.340. The molecular weight excluding hydrogens is 180 g/mol. The Balaban J connectivity index is 2.64. The lowest BCUT2D eigenvalue weighted by atomic mass is 10.0. The van der Waals surface area contributed by atoms with Gasteiger partial charge in [-0.15, -0.1) is 11.3 Å². The van der Waals surface area contributed by atoms with Crippen LogP contribution in [0.25, 0.3) is 0 Å². The average molecular weight is 198 g/mol. The summed E-state index contributed by atoms with van der Waals surface area (Å²) in [4.78, 5) is 1.39. The SMILES string of the molecule is CCCCc1cc(C(C)(C)O)cs1. The fourth-order valence-corrected chi connectivity index (χ4v) is 2.28. The quantitative estimate of drug-likeness (QED) is 0.787. The number of hydrogen-bond donors (Lipinski definition) is 1. The topological polar surface area (TPSA) is 20.2 Å². The molecule has 0 bridgehead atoms. The molecule has 0 atom stereocenters. The van der Waals surface area contributed by atoms with Crippen LogP contribution in [-0.2, 0) is 12.0 Å². The molecule has 1 heterocycles. The first-order valence-electron chi connectivity index (χ1n) is 4.84. The maximum absolute atomic E-state index is 9.73. The van der Waals surface area contributed by atoms with Gasteiger partial charge in [0.15, 0.2) is 0 Å². The molecule has 0 spiro atoms. The standard InChI is InChI=1S/C11H18OS/c1-4-5-6-10-7-9(8-13-10)11(2,3)12/h7-8,12H,4-6H2,1-3H3. The number of thiophene rings is 1. The molecule has 1 N–H and O–H groups in total. The first-order valence-corrected chi connectivity index (χ1v) is 5.72. The van der Waals surface area contributed by atoms with Crippen molar-refractivity contribution in [2.75, 3.05) is 0 Å². The van der Waals surface area contributed by atoms with Crippen LogP contribution >= 0.6 is 11.3 Å². The molecule has 0 amide bonds. The van der Waals surface area contributed by atoms with Crippen molar-refractivity contribution in [1.82, 2.24) is 0 Å². The van der Waals surface area contributed by atoms with E-state index in [1.165, 1.54) is 17.7 Å². The highest BCUT2D eigenvalue weighted by atomic mass is 32.1. The highest BCUT2D eigenvalue weighted by Crippen LogP contribution is 2.26. The van der Waals surface area contributed by atoms with E-state index in [4.69, 9.17) is 0 Å². The number of unbranched alkanes of at least 4 members (excludes halogenated alkanes) is 1. The molecule has 0 aliphatic rings. The molecule has 74 valence electrons. The van der Waals surface area contributed by atoms with E-state index < -0.39 is 5.60 Å². The number of aryl methyl sites for hydroxylation is 1. The maximum atomic E-state index is 9.73. The Bertz CT molecular complexity index is 257. The van der Waals surface area contributed by atoms with Crippen molar-refractivity contribution in [3.63, 3.8) is 0 Å². The third-order valence-corrected chi connectivity index (χ3v) is 3.13. The van der Waals surface area contributed by atoms with E-state index in [0.717, 1.165) is 12.0 Å². The third kappa shape index (κ3) is 3.12. The molecule has 0 aliphatic carbocycles. The van der Waals surface area contributed by atoms with Crippen molar-refractivity contribution < 1.29 is 5.11 Å². The molecule has 1 rings (SSSR count). The summed E-state index contributed by atoms with van der Waals surface area (Å²) >= 11 is 1.76. The Morgan fingerprint density at radius 3 is 2.62 bits per heavy atom. The molecule has 1 nitrogen and oxygen atoms in total. The molecular formula is C11H18OS. The van der Waals surface area contributed by atoms with E-state index in [2.05, 4.69) is 18.4 Å². The second-order valence-electron chi connectivity index (χ2n) is 3.96. The van der Waals surface area contributed by atoms with E-state index in [1.54, 1.807) is 11.3 Å². The summed E-state index contributed by atoms with van der Waals surface area (Å²) in [5, 5.41) is 11.8. The van der Waals surface area contributed by atoms with Gasteiger partial charge in [-0.2, -0.15) is 0 Å². The van der Waals surface area contributed by atoms with Gasteiger partial charge < -0.3 is 5.11 Å². The first-order chi connectivity index (χ1) is 6.04. The van der Waals surface area contributed by atoms with Crippen LogP contribution in [0.2, 0.25) is 0 Å². The van der Waals surface area contributed by atoms with Crippen molar-refractivity contribution >= 4 is 11.3 Å². The van der Waals surface area contributed by atoms with Gasteiger partial charge in [0, 0.05) is 4.88 Å². The van der Waals surface area contributed by atoms with Crippen LogP contribution in [0.1, 0.15) is 44.1 Å². The lowest BCUT2D eigenvalue weighted by molar-refractivity contribution is 0.0790. The van der Waals surface area contributed by atoms with Crippen LogP contribution in [0.5, 0.6) is 0 Å². The molecule has 0 unspecified atom stereocenters. The second-order valence-corrected chi connectivity index (χ2v) is 4.96. The fourth-order valence-electron chi connectivity index (χ4n) is 1.18. The van der Waals surface area contributed by atoms with Gasteiger partial charge in [-0.25, -0.2) is 0 Å². The van der Waals surface area contributed by atoms with E-state index >= 15 is 0 Å². The largest absolute Gasteiger partial charge is 0.386 e. The predicted molar refractivity (Wildman–Crippen MR) is 58.2 cm³/mol. The van der Waals surface area contributed by atoms with E-state index in [0.29, 0.717) is 0 Å². The minimum atomic E-state index is -0.680. The smallest absolute Gasteiger partial charge is 0.0848 e. The predicted octanol–water partition coefficient (Wildman–Crippen LogP) is 3.32. The van der Waals surface area contributed by atoms with Gasteiger partial charge in [0.1, 0.15) is 0 Å². The zero-order chi connectivity index (χ0) is 9.90. The molecule has 0 radical (unpaired) electrons. The van der Waals surface area contributed by atoms with E-state index in [9.17, 15) is 5.11 Å². The van der Waals surface area contributed by atoms with Gasteiger partial charge >= 0.3 is 0 Å². The van der Waals surface area contributed by atoms with Gasteiger partial charge in [-0.3, -0.25) is 0 Å². The number of aliphatic hydroxyl groups is 1. The Kier molecular flexibility index (Phi) is 3.51. The lowest BCUT2D eigenvalue weighted by Crippen LogP contribution is -2.13. The zero-order valence-corrected chi connectivity index (χ0v) is 9.45. The lowest BCUT2D eigenvalue weighted by Gasteiger charge is -2.14. The molecule has 1 aromatic heterocycles. The summed E-state index contributed by atoms with van der Waals surface area (Å²) in [5.74, 6) is 0. The molecule has 0 saturated carbocycles. The normalized spacial score (nSPS) is 12.0. The van der Waals surface area contributed by atoms with Crippen LogP contribution in [0.15, 0.2) is 11.4 Å². The van der Waals surface area contributed by atoms with Crippen molar-refractivity contribution in [3.05, 3.63) is 21.9 Å². The molecule has 0 saturated heterocycles. The molecule has 0 aliphatic heterocycles. The number of rotatable bonds is 4. The third-order valence-electron chi connectivity index (χ3n) is 2.14. The summed E-state index contributed by atoms with van der Waals surface area (Å²) in [6, 6.07) is 2.13. The zero-order valence-electron chi connectivity index (χ0n) is 8.63. The molecule has 2 heteroatoms. The van der Waals surface area contributed by atoms with Crippen molar-refractivity contribution in [3.8, 4) is 0 Å². The van der Waals surface area contributed by atoms with Gasteiger partial charge in [0.25, 0.3) is 0 Å². The Morgan fingerprint density at radius 1 is 1.46 bits per heavy atom. The summed E-state index contributed by atoms with van der Waals surface area (Å²) in [7, 11) is 0. The Morgan fingerprint density at radius 2 is 2.15 bits per heavy atom. The van der Waals surface area contributed by atoms with Gasteiger partial charge in [0.05, 0.1) is 5.60 Å². The highest BCUT2D eigenvalue weighted by molar-refractivity contribution is 7.10. The van der Waals surface area contributed by atoms with Crippen LogP contribution in [0.3, 0.4) is 0 Å². The fraction of sp³-hybridized carbons (Fsp3) is 0.636. The van der Waals surface area contributed by atoms with Gasteiger partial charge in [-0.1, -0.05) is 13.3 Å². The maximum Gasteiger partial charge on any atom is 0.0848 e. The van der Waals surface area contributed by atoms with Crippen LogP contribution in [0.4, 0.5) is 0 Å². The van der Waals surface area contributed by atoms with Gasteiger partial charge in [0.2, 0.25) is 0 Å². The first kappa shape index (κ1) is 10.7. The van der Waals surface area contributed by atoms with Crippen molar-refractivity contribution in [2.24, 2.45) is 0 Å². The minimum Gasteiger partial charge on any atom is -0.386 e.